The molecule has 0 spiro atoms. The van der Waals surface area contributed by atoms with Gasteiger partial charge in [0.15, 0.2) is 5.60 Å². The normalized spacial score (nSPS) is 14.6. The van der Waals surface area contributed by atoms with Crippen molar-refractivity contribution in [1.82, 2.24) is 4.90 Å². The number of aliphatic carboxylic acids is 1. The van der Waals surface area contributed by atoms with Gasteiger partial charge in [-0.15, -0.1) is 0 Å². The van der Waals surface area contributed by atoms with E-state index in [9.17, 15) is 9.90 Å². The molecule has 0 aliphatic rings. The van der Waals surface area contributed by atoms with E-state index in [0.717, 1.165) is 5.56 Å². The standard InChI is InChI=1S/C13H19NO3/c1-10-4-6-11(7-5-10)8-14(3)9-13(2,17)12(15)16/h4-7,17H,8-9H2,1-3H3,(H,15,16). The Morgan fingerprint density at radius 2 is 1.88 bits per heavy atom. The van der Waals surface area contributed by atoms with E-state index in [1.807, 2.05) is 31.2 Å². The van der Waals surface area contributed by atoms with Crippen LogP contribution in [0.5, 0.6) is 0 Å². The Morgan fingerprint density at radius 1 is 1.35 bits per heavy atom. The van der Waals surface area contributed by atoms with E-state index in [1.165, 1.54) is 12.5 Å². The van der Waals surface area contributed by atoms with Crippen LogP contribution in [-0.4, -0.2) is 40.3 Å². The Hall–Kier alpha value is -1.39. The van der Waals surface area contributed by atoms with E-state index >= 15 is 0 Å². The zero-order valence-electron chi connectivity index (χ0n) is 10.5. The Labute approximate surface area is 101 Å². The van der Waals surface area contributed by atoms with E-state index in [1.54, 1.807) is 11.9 Å². The van der Waals surface area contributed by atoms with Crippen LogP contribution in [0.4, 0.5) is 0 Å². The van der Waals surface area contributed by atoms with Gasteiger partial charge in [0.05, 0.1) is 0 Å². The number of rotatable bonds is 5. The largest absolute Gasteiger partial charge is 0.479 e. The van der Waals surface area contributed by atoms with Crippen LogP contribution >= 0.6 is 0 Å². The van der Waals surface area contributed by atoms with Gasteiger partial charge in [-0.1, -0.05) is 29.8 Å². The van der Waals surface area contributed by atoms with Gasteiger partial charge in [-0.3, -0.25) is 4.90 Å². The van der Waals surface area contributed by atoms with Gasteiger partial charge in [0.1, 0.15) is 0 Å². The maximum absolute atomic E-state index is 10.8. The van der Waals surface area contributed by atoms with Crippen LogP contribution in [0.3, 0.4) is 0 Å². The number of benzene rings is 1. The minimum absolute atomic E-state index is 0.0935. The highest BCUT2D eigenvalue weighted by molar-refractivity contribution is 5.76. The van der Waals surface area contributed by atoms with Gasteiger partial charge in [-0.25, -0.2) is 4.79 Å². The SMILES string of the molecule is Cc1ccc(CN(C)CC(C)(O)C(=O)O)cc1. The molecular weight excluding hydrogens is 218 g/mol. The van der Waals surface area contributed by atoms with Gasteiger partial charge in [-0.2, -0.15) is 0 Å². The van der Waals surface area contributed by atoms with Crippen molar-refractivity contribution >= 4 is 5.97 Å². The molecule has 0 radical (unpaired) electrons. The van der Waals surface area contributed by atoms with Crippen molar-refractivity contribution in [1.29, 1.82) is 0 Å². The lowest BCUT2D eigenvalue weighted by molar-refractivity contribution is -0.158. The fourth-order valence-corrected chi connectivity index (χ4v) is 1.65. The van der Waals surface area contributed by atoms with E-state index in [4.69, 9.17) is 5.11 Å². The summed E-state index contributed by atoms with van der Waals surface area (Å²) in [6.45, 7) is 4.03. The maximum atomic E-state index is 10.8. The lowest BCUT2D eigenvalue weighted by atomic mass is 10.1. The van der Waals surface area contributed by atoms with E-state index in [0.29, 0.717) is 6.54 Å². The van der Waals surface area contributed by atoms with Crippen LogP contribution in [0.1, 0.15) is 18.1 Å². The molecule has 0 saturated heterocycles. The monoisotopic (exact) mass is 237 g/mol. The fraction of sp³-hybridized carbons (Fsp3) is 0.462. The van der Waals surface area contributed by atoms with Gasteiger partial charge >= 0.3 is 5.97 Å². The molecule has 1 atom stereocenters. The summed E-state index contributed by atoms with van der Waals surface area (Å²) in [7, 11) is 1.79. The minimum Gasteiger partial charge on any atom is -0.479 e. The number of hydrogen-bond acceptors (Lipinski definition) is 3. The Morgan fingerprint density at radius 3 is 2.35 bits per heavy atom. The van der Waals surface area contributed by atoms with Crippen molar-refractivity contribution in [2.24, 2.45) is 0 Å². The quantitative estimate of drug-likeness (QED) is 0.809. The number of aryl methyl sites for hydroxylation is 1. The fourth-order valence-electron chi connectivity index (χ4n) is 1.65. The van der Waals surface area contributed by atoms with E-state index < -0.39 is 11.6 Å². The average Bonchev–Trinajstić information content (AvgIpc) is 2.20. The number of hydrogen-bond donors (Lipinski definition) is 2. The second-order valence-corrected chi connectivity index (χ2v) is 4.74. The number of carboxylic acids is 1. The van der Waals surface area contributed by atoms with Crippen molar-refractivity contribution in [3.8, 4) is 0 Å². The highest BCUT2D eigenvalue weighted by atomic mass is 16.4. The van der Waals surface area contributed by atoms with Gasteiger partial charge in [0.25, 0.3) is 0 Å². The molecular formula is C13H19NO3. The molecule has 0 bridgehead atoms. The summed E-state index contributed by atoms with van der Waals surface area (Å²) in [5.41, 5.74) is 0.577. The second kappa shape index (κ2) is 5.29. The molecule has 0 aliphatic carbocycles. The number of likely N-dealkylation sites (N-methyl/N-ethyl adjacent to an activating group) is 1. The molecule has 4 heteroatoms. The van der Waals surface area contributed by atoms with Crippen LogP contribution in [0.15, 0.2) is 24.3 Å². The van der Waals surface area contributed by atoms with Crippen LogP contribution in [0, 0.1) is 6.92 Å². The van der Waals surface area contributed by atoms with E-state index in [2.05, 4.69) is 0 Å². The van der Waals surface area contributed by atoms with Gasteiger partial charge in [0.2, 0.25) is 0 Å². The molecule has 17 heavy (non-hydrogen) atoms. The predicted octanol–water partition coefficient (Wildman–Crippen LogP) is 1.26. The molecule has 94 valence electrons. The van der Waals surface area contributed by atoms with Gasteiger partial charge in [-0.05, 0) is 26.5 Å². The van der Waals surface area contributed by atoms with E-state index in [-0.39, 0.29) is 6.54 Å². The molecule has 2 N–H and O–H groups in total. The van der Waals surface area contributed by atoms with Crippen molar-refractivity contribution in [3.05, 3.63) is 35.4 Å². The summed E-state index contributed by atoms with van der Waals surface area (Å²) in [6.07, 6.45) is 0. The van der Waals surface area contributed by atoms with Crippen LogP contribution in [0.25, 0.3) is 0 Å². The first-order chi connectivity index (χ1) is 7.81. The number of nitrogens with zero attached hydrogens (tertiary/aromatic N) is 1. The topological polar surface area (TPSA) is 60.8 Å². The van der Waals surface area contributed by atoms with Crippen molar-refractivity contribution in [3.63, 3.8) is 0 Å². The van der Waals surface area contributed by atoms with Gasteiger partial charge in [0, 0.05) is 13.1 Å². The highest BCUT2D eigenvalue weighted by Gasteiger charge is 2.31. The maximum Gasteiger partial charge on any atom is 0.336 e. The molecule has 4 nitrogen and oxygen atoms in total. The van der Waals surface area contributed by atoms with Crippen molar-refractivity contribution < 1.29 is 15.0 Å². The Bertz CT molecular complexity index is 384. The van der Waals surface area contributed by atoms with Gasteiger partial charge < -0.3 is 10.2 Å². The summed E-state index contributed by atoms with van der Waals surface area (Å²) in [5, 5.41) is 18.5. The second-order valence-electron chi connectivity index (χ2n) is 4.74. The van der Waals surface area contributed by atoms with Crippen LogP contribution < -0.4 is 0 Å². The molecule has 1 rings (SSSR count). The average molecular weight is 237 g/mol. The first-order valence-electron chi connectivity index (χ1n) is 5.51. The number of carbonyl (C=O) groups is 1. The Kier molecular flexibility index (Phi) is 4.26. The number of carboxylic acid groups (broad SMARTS) is 1. The zero-order valence-corrected chi connectivity index (χ0v) is 10.5. The lowest BCUT2D eigenvalue weighted by Crippen LogP contribution is -2.45. The molecule has 0 amide bonds. The minimum atomic E-state index is -1.71. The molecule has 0 fully saturated rings. The first-order valence-corrected chi connectivity index (χ1v) is 5.51. The molecule has 0 saturated carbocycles. The zero-order chi connectivity index (χ0) is 13.1. The lowest BCUT2D eigenvalue weighted by Gasteiger charge is -2.25. The molecule has 1 aromatic carbocycles. The third-order valence-electron chi connectivity index (χ3n) is 2.61. The summed E-state index contributed by atoms with van der Waals surface area (Å²) in [5.74, 6) is -1.20. The summed E-state index contributed by atoms with van der Waals surface area (Å²) in [4.78, 5) is 12.6. The predicted molar refractivity (Wildman–Crippen MR) is 65.8 cm³/mol. The van der Waals surface area contributed by atoms with Crippen molar-refractivity contribution in [2.45, 2.75) is 26.0 Å². The summed E-state index contributed by atoms with van der Waals surface area (Å²) < 4.78 is 0. The van der Waals surface area contributed by atoms with Crippen LogP contribution in [0.2, 0.25) is 0 Å². The highest BCUT2D eigenvalue weighted by Crippen LogP contribution is 2.10. The molecule has 1 aromatic rings. The first kappa shape index (κ1) is 13.7. The third kappa shape index (κ3) is 4.17. The smallest absolute Gasteiger partial charge is 0.336 e. The summed E-state index contributed by atoms with van der Waals surface area (Å²) >= 11 is 0. The molecule has 1 unspecified atom stereocenters. The van der Waals surface area contributed by atoms with Crippen molar-refractivity contribution in [2.75, 3.05) is 13.6 Å². The Balaban J connectivity index is 2.58. The number of aliphatic hydroxyl groups is 1. The molecule has 0 aromatic heterocycles. The molecule has 0 aliphatic heterocycles. The summed E-state index contributed by atoms with van der Waals surface area (Å²) in [6, 6.07) is 8.03. The molecule has 0 heterocycles. The van der Waals surface area contributed by atoms with Crippen LogP contribution in [-0.2, 0) is 11.3 Å². The third-order valence-corrected chi connectivity index (χ3v) is 2.61.